The lowest BCUT2D eigenvalue weighted by Crippen LogP contribution is -2.21. The third-order valence-electron chi connectivity index (χ3n) is 1.55. The van der Waals surface area contributed by atoms with Crippen molar-refractivity contribution in [3.63, 3.8) is 0 Å². The van der Waals surface area contributed by atoms with Crippen LogP contribution < -0.4 is 5.32 Å². The summed E-state index contributed by atoms with van der Waals surface area (Å²) >= 11 is 1.30. The molecule has 1 aromatic rings. The monoisotopic (exact) mass is 215 g/mol. The SMILES string of the molecule is Cc1nc(NC(=O)C[N+](=O)[O-])sc1C. The van der Waals surface area contributed by atoms with Gasteiger partial charge in [0.15, 0.2) is 5.13 Å². The van der Waals surface area contributed by atoms with Gasteiger partial charge in [0.25, 0.3) is 12.5 Å². The molecule has 76 valence electrons. The molecule has 0 aliphatic carbocycles. The van der Waals surface area contributed by atoms with E-state index in [0.717, 1.165) is 10.6 Å². The highest BCUT2D eigenvalue weighted by Crippen LogP contribution is 2.20. The Hall–Kier alpha value is -1.50. The number of hydrogen-bond acceptors (Lipinski definition) is 5. The first-order chi connectivity index (χ1) is 6.49. The molecule has 1 aromatic heterocycles. The third kappa shape index (κ3) is 2.77. The minimum absolute atomic E-state index is 0.409. The first-order valence-corrected chi connectivity index (χ1v) is 4.66. The van der Waals surface area contributed by atoms with Gasteiger partial charge >= 0.3 is 0 Å². The zero-order chi connectivity index (χ0) is 10.7. The van der Waals surface area contributed by atoms with E-state index in [0.29, 0.717) is 5.13 Å². The van der Waals surface area contributed by atoms with E-state index in [1.807, 2.05) is 13.8 Å². The molecule has 0 fully saturated rings. The Labute approximate surface area is 84.1 Å². The molecule has 0 aliphatic rings. The Morgan fingerprint density at radius 2 is 2.29 bits per heavy atom. The highest BCUT2D eigenvalue weighted by molar-refractivity contribution is 7.15. The van der Waals surface area contributed by atoms with Crippen LogP contribution >= 0.6 is 11.3 Å². The molecule has 0 bridgehead atoms. The highest BCUT2D eigenvalue weighted by Gasteiger charge is 2.12. The standard InChI is InChI=1S/C7H9N3O3S/c1-4-5(2)14-7(8-4)9-6(11)3-10(12)13/h3H2,1-2H3,(H,8,9,11). The van der Waals surface area contributed by atoms with Gasteiger partial charge in [0.1, 0.15) is 0 Å². The van der Waals surface area contributed by atoms with E-state index in [9.17, 15) is 14.9 Å². The van der Waals surface area contributed by atoms with Crippen LogP contribution in [0.5, 0.6) is 0 Å². The summed E-state index contributed by atoms with van der Waals surface area (Å²) in [5.41, 5.74) is 0.825. The van der Waals surface area contributed by atoms with E-state index in [1.54, 1.807) is 0 Å². The van der Waals surface area contributed by atoms with Crippen LogP contribution in [0.4, 0.5) is 5.13 Å². The molecule has 0 radical (unpaired) electrons. The number of hydrogen-bond donors (Lipinski definition) is 1. The Bertz CT molecular complexity index is 355. The molecule has 0 unspecified atom stereocenters. The van der Waals surface area contributed by atoms with Crippen molar-refractivity contribution >= 4 is 22.4 Å². The van der Waals surface area contributed by atoms with Crippen LogP contribution in [-0.4, -0.2) is 22.4 Å². The predicted molar refractivity (Wildman–Crippen MR) is 52.1 cm³/mol. The lowest BCUT2D eigenvalue weighted by Gasteiger charge is -1.95. The van der Waals surface area contributed by atoms with Crippen molar-refractivity contribution in [2.75, 3.05) is 11.9 Å². The maximum absolute atomic E-state index is 11.0. The normalized spacial score (nSPS) is 9.86. The van der Waals surface area contributed by atoms with E-state index in [4.69, 9.17) is 0 Å². The lowest BCUT2D eigenvalue weighted by molar-refractivity contribution is -0.467. The molecule has 14 heavy (non-hydrogen) atoms. The van der Waals surface area contributed by atoms with E-state index < -0.39 is 17.4 Å². The molecule has 0 spiro atoms. The number of carbonyl (C=O) groups excluding carboxylic acids is 1. The molecule has 0 atom stereocenters. The third-order valence-corrected chi connectivity index (χ3v) is 2.54. The number of anilines is 1. The minimum Gasteiger partial charge on any atom is -0.296 e. The van der Waals surface area contributed by atoms with Crippen molar-refractivity contribution in [1.29, 1.82) is 0 Å². The molecule has 1 heterocycles. The number of amides is 1. The van der Waals surface area contributed by atoms with Crippen molar-refractivity contribution in [1.82, 2.24) is 4.98 Å². The zero-order valence-corrected chi connectivity index (χ0v) is 8.55. The summed E-state index contributed by atoms with van der Waals surface area (Å²) in [4.78, 5) is 25.3. The number of nitro groups is 1. The summed E-state index contributed by atoms with van der Waals surface area (Å²) in [6, 6.07) is 0. The van der Waals surface area contributed by atoms with Crippen LogP contribution in [0.2, 0.25) is 0 Å². The van der Waals surface area contributed by atoms with Crippen LogP contribution in [0.1, 0.15) is 10.6 Å². The number of aromatic nitrogens is 1. The number of nitrogens with one attached hydrogen (secondary N) is 1. The van der Waals surface area contributed by atoms with Crippen LogP contribution in [0.15, 0.2) is 0 Å². The molecule has 1 rings (SSSR count). The van der Waals surface area contributed by atoms with E-state index in [2.05, 4.69) is 10.3 Å². The number of carbonyl (C=O) groups is 1. The maximum atomic E-state index is 11.0. The van der Waals surface area contributed by atoms with Crippen LogP contribution in [0.25, 0.3) is 0 Å². The largest absolute Gasteiger partial charge is 0.297 e. The fourth-order valence-electron chi connectivity index (χ4n) is 0.802. The van der Waals surface area contributed by atoms with Gasteiger partial charge in [-0.25, -0.2) is 4.98 Å². The summed E-state index contributed by atoms with van der Waals surface area (Å²) in [5.74, 6) is -0.649. The number of nitrogens with zero attached hydrogens (tertiary/aromatic N) is 2. The Morgan fingerprint density at radius 3 is 2.71 bits per heavy atom. The first kappa shape index (κ1) is 10.6. The molecular weight excluding hydrogens is 206 g/mol. The Balaban J connectivity index is 2.60. The van der Waals surface area contributed by atoms with Crippen molar-refractivity contribution in [3.8, 4) is 0 Å². The molecule has 7 heteroatoms. The summed E-state index contributed by atoms with van der Waals surface area (Å²) in [6.45, 7) is 2.96. The molecule has 1 amide bonds. The van der Waals surface area contributed by atoms with Crippen molar-refractivity contribution in [2.45, 2.75) is 13.8 Å². The lowest BCUT2D eigenvalue weighted by atomic mass is 10.4. The molecule has 6 nitrogen and oxygen atoms in total. The second kappa shape index (κ2) is 4.14. The smallest absolute Gasteiger partial charge is 0.296 e. The molecular formula is C7H9N3O3S. The second-order valence-corrected chi connectivity index (χ2v) is 3.90. The summed E-state index contributed by atoms with van der Waals surface area (Å²) in [7, 11) is 0. The summed E-state index contributed by atoms with van der Waals surface area (Å²) in [5, 5.41) is 12.8. The quantitative estimate of drug-likeness (QED) is 0.601. The highest BCUT2D eigenvalue weighted by atomic mass is 32.1. The van der Waals surface area contributed by atoms with Gasteiger partial charge in [-0.15, -0.1) is 11.3 Å². The number of thiazole rings is 1. The first-order valence-electron chi connectivity index (χ1n) is 3.84. The van der Waals surface area contributed by atoms with Gasteiger partial charge < -0.3 is 0 Å². The van der Waals surface area contributed by atoms with Gasteiger partial charge in [0.05, 0.1) is 5.69 Å². The van der Waals surface area contributed by atoms with Crippen LogP contribution in [0, 0.1) is 24.0 Å². The average molecular weight is 215 g/mol. The van der Waals surface area contributed by atoms with Crippen LogP contribution in [0.3, 0.4) is 0 Å². The van der Waals surface area contributed by atoms with Gasteiger partial charge in [-0.2, -0.15) is 0 Å². The van der Waals surface area contributed by atoms with E-state index in [1.165, 1.54) is 11.3 Å². The summed E-state index contributed by atoms with van der Waals surface area (Å²) < 4.78 is 0. The van der Waals surface area contributed by atoms with Gasteiger partial charge in [0, 0.05) is 9.80 Å². The molecule has 1 N–H and O–H groups in total. The Morgan fingerprint density at radius 1 is 1.64 bits per heavy atom. The topological polar surface area (TPSA) is 85.1 Å². The summed E-state index contributed by atoms with van der Waals surface area (Å²) in [6.07, 6.45) is 0. The van der Waals surface area contributed by atoms with Gasteiger partial charge in [-0.05, 0) is 13.8 Å². The molecule has 0 saturated carbocycles. The van der Waals surface area contributed by atoms with Gasteiger partial charge in [0.2, 0.25) is 0 Å². The maximum Gasteiger partial charge on any atom is 0.297 e. The molecule has 0 saturated heterocycles. The minimum atomic E-state index is -0.725. The predicted octanol–water partition coefficient (Wildman–Crippen LogP) is 0.975. The van der Waals surface area contributed by atoms with Crippen molar-refractivity contribution < 1.29 is 9.72 Å². The van der Waals surface area contributed by atoms with Gasteiger partial charge in [-0.1, -0.05) is 0 Å². The Kier molecular flexibility index (Phi) is 3.13. The van der Waals surface area contributed by atoms with Crippen molar-refractivity contribution in [2.24, 2.45) is 0 Å². The number of aryl methyl sites for hydroxylation is 2. The molecule has 0 aliphatic heterocycles. The average Bonchev–Trinajstić information content (AvgIpc) is 2.28. The second-order valence-electron chi connectivity index (χ2n) is 2.70. The van der Waals surface area contributed by atoms with E-state index >= 15 is 0 Å². The number of rotatable bonds is 3. The molecule has 0 aromatic carbocycles. The fraction of sp³-hybridized carbons (Fsp3) is 0.429. The van der Waals surface area contributed by atoms with E-state index in [-0.39, 0.29) is 0 Å². The van der Waals surface area contributed by atoms with Crippen molar-refractivity contribution in [3.05, 3.63) is 20.7 Å². The van der Waals surface area contributed by atoms with Crippen LogP contribution in [-0.2, 0) is 4.79 Å². The fourth-order valence-corrected chi connectivity index (χ4v) is 1.63. The van der Waals surface area contributed by atoms with Gasteiger partial charge in [-0.3, -0.25) is 20.2 Å². The zero-order valence-electron chi connectivity index (χ0n) is 7.73.